The first-order valence-electron chi connectivity index (χ1n) is 8.87. The van der Waals surface area contributed by atoms with E-state index in [-0.39, 0.29) is 11.5 Å². The minimum atomic E-state index is -0.435. The molecule has 0 saturated carbocycles. The monoisotopic (exact) mass is 369 g/mol. The van der Waals surface area contributed by atoms with Crippen molar-refractivity contribution in [2.24, 2.45) is 0 Å². The molecule has 0 unspecified atom stereocenters. The number of rotatable bonds is 3. The Balaban J connectivity index is 1.95. The Labute approximate surface area is 159 Å². The Morgan fingerprint density at radius 3 is 2.54 bits per heavy atom. The fraction of sp³-hybridized carbons (Fsp3) is 0.0435. The van der Waals surface area contributed by atoms with E-state index < -0.39 is 5.63 Å². The molecular weight excluding hydrogens is 354 g/mol. The SMILES string of the molecule is Cc1cc(=O)oc2c1ccc1oc(C(=O)c3ccc[nH]3)c(-c3ccccc3)c12. The smallest absolute Gasteiger partial charge is 0.336 e. The van der Waals surface area contributed by atoms with Crippen LogP contribution in [0.15, 0.2) is 80.5 Å². The van der Waals surface area contributed by atoms with Gasteiger partial charge < -0.3 is 13.8 Å². The number of nitrogens with one attached hydrogen (secondary N) is 1. The van der Waals surface area contributed by atoms with E-state index in [0.717, 1.165) is 16.5 Å². The van der Waals surface area contributed by atoms with Crippen LogP contribution in [0.5, 0.6) is 0 Å². The fourth-order valence-corrected chi connectivity index (χ4v) is 3.60. The van der Waals surface area contributed by atoms with Gasteiger partial charge in [0.2, 0.25) is 5.78 Å². The molecule has 0 fully saturated rings. The molecular formula is C23H15NO4. The number of aromatic amines is 1. The summed E-state index contributed by atoms with van der Waals surface area (Å²) >= 11 is 0. The van der Waals surface area contributed by atoms with Crippen molar-refractivity contribution >= 4 is 27.7 Å². The Hall–Kier alpha value is -3.86. The van der Waals surface area contributed by atoms with Gasteiger partial charge in [-0.15, -0.1) is 0 Å². The molecule has 0 amide bonds. The molecule has 0 saturated heterocycles. The third kappa shape index (κ3) is 2.41. The normalized spacial score (nSPS) is 11.3. The maximum atomic E-state index is 13.1. The Kier molecular flexibility index (Phi) is 3.55. The van der Waals surface area contributed by atoms with Crippen LogP contribution in [0.3, 0.4) is 0 Å². The maximum absolute atomic E-state index is 13.1. The van der Waals surface area contributed by atoms with Gasteiger partial charge in [0.05, 0.1) is 11.1 Å². The summed E-state index contributed by atoms with van der Waals surface area (Å²) < 4.78 is 11.6. The lowest BCUT2D eigenvalue weighted by Crippen LogP contribution is -2.02. The average molecular weight is 369 g/mol. The predicted molar refractivity (Wildman–Crippen MR) is 107 cm³/mol. The Morgan fingerprint density at radius 1 is 0.964 bits per heavy atom. The quantitative estimate of drug-likeness (QED) is 0.356. The van der Waals surface area contributed by atoms with Crippen molar-refractivity contribution in [3.8, 4) is 11.1 Å². The van der Waals surface area contributed by atoms with Gasteiger partial charge in [-0.05, 0) is 42.3 Å². The predicted octanol–water partition coefficient (Wildman–Crippen LogP) is 5.07. The van der Waals surface area contributed by atoms with Crippen molar-refractivity contribution < 1.29 is 13.6 Å². The molecule has 5 aromatic rings. The number of H-pyrrole nitrogens is 1. The molecule has 2 aromatic carbocycles. The van der Waals surface area contributed by atoms with E-state index in [1.165, 1.54) is 6.07 Å². The highest BCUT2D eigenvalue weighted by atomic mass is 16.4. The number of fused-ring (bicyclic) bond motifs is 3. The Morgan fingerprint density at radius 2 is 1.79 bits per heavy atom. The minimum Gasteiger partial charge on any atom is -0.452 e. The molecule has 5 rings (SSSR count). The number of aromatic nitrogens is 1. The van der Waals surface area contributed by atoms with Crippen molar-refractivity contribution in [3.05, 3.63) is 94.3 Å². The van der Waals surface area contributed by atoms with E-state index in [0.29, 0.717) is 27.8 Å². The number of ketones is 1. The molecule has 0 bridgehead atoms. The number of aryl methyl sites for hydroxylation is 1. The van der Waals surface area contributed by atoms with Crippen LogP contribution in [-0.2, 0) is 0 Å². The lowest BCUT2D eigenvalue weighted by atomic mass is 9.97. The molecule has 5 heteroatoms. The molecule has 0 spiro atoms. The van der Waals surface area contributed by atoms with Crippen LogP contribution in [0.2, 0.25) is 0 Å². The van der Waals surface area contributed by atoms with Gasteiger partial charge in [-0.1, -0.05) is 30.3 Å². The van der Waals surface area contributed by atoms with E-state index in [2.05, 4.69) is 4.98 Å². The first-order chi connectivity index (χ1) is 13.6. The summed E-state index contributed by atoms with van der Waals surface area (Å²) in [5.74, 6) is -0.0523. The van der Waals surface area contributed by atoms with Crippen molar-refractivity contribution in [1.82, 2.24) is 4.98 Å². The van der Waals surface area contributed by atoms with Gasteiger partial charge in [-0.2, -0.15) is 0 Å². The van der Waals surface area contributed by atoms with Gasteiger partial charge >= 0.3 is 5.63 Å². The Bertz CT molecular complexity index is 1390. The van der Waals surface area contributed by atoms with Gasteiger partial charge in [0.25, 0.3) is 0 Å². The summed E-state index contributed by atoms with van der Waals surface area (Å²) in [5, 5.41) is 1.43. The van der Waals surface area contributed by atoms with Gasteiger partial charge in [0.1, 0.15) is 11.2 Å². The third-order valence-corrected chi connectivity index (χ3v) is 4.88. The highest BCUT2D eigenvalue weighted by Gasteiger charge is 2.26. The molecule has 28 heavy (non-hydrogen) atoms. The zero-order valence-corrected chi connectivity index (χ0v) is 15.0. The molecule has 3 aromatic heterocycles. The number of benzene rings is 2. The van der Waals surface area contributed by atoms with Crippen molar-refractivity contribution in [3.63, 3.8) is 0 Å². The molecule has 1 N–H and O–H groups in total. The van der Waals surface area contributed by atoms with E-state index in [1.807, 2.05) is 49.4 Å². The lowest BCUT2D eigenvalue weighted by Gasteiger charge is -2.05. The molecule has 0 atom stereocenters. The second-order valence-corrected chi connectivity index (χ2v) is 6.65. The van der Waals surface area contributed by atoms with E-state index >= 15 is 0 Å². The topological polar surface area (TPSA) is 76.2 Å². The number of carbonyl (C=O) groups excluding carboxylic acids is 1. The largest absolute Gasteiger partial charge is 0.452 e. The summed E-state index contributed by atoms with van der Waals surface area (Å²) in [5.41, 5.74) is 3.16. The summed E-state index contributed by atoms with van der Waals surface area (Å²) in [6, 6.07) is 18.1. The lowest BCUT2D eigenvalue weighted by molar-refractivity contribution is 0.101. The molecule has 0 aliphatic rings. The van der Waals surface area contributed by atoms with Crippen LogP contribution < -0.4 is 5.63 Å². The van der Waals surface area contributed by atoms with Crippen molar-refractivity contribution in [2.75, 3.05) is 0 Å². The molecule has 136 valence electrons. The summed E-state index contributed by atoms with van der Waals surface area (Å²) in [7, 11) is 0. The van der Waals surface area contributed by atoms with Crippen LogP contribution in [-0.4, -0.2) is 10.8 Å². The molecule has 0 radical (unpaired) electrons. The summed E-state index contributed by atoms with van der Waals surface area (Å²) in [6.45, 7) is 1.86. The number of furan rings is 1. The second kappa shape index (κ2) is 6.09. The standard InChI is InChI=1S/C23H15NO4/c1-13-12-18(25)28-22-15(13)9-10-17-20(22)19(14-6-3-2-4-7-14)23(27-17)21(26)16-8-5-11-24-16/h2-12,24H,1H3. The molecule has 0 aliphatic carbocycles. The van der Waals surface area contributed by atoms with Crippen LogP contribution in [0.25, 0.3) is 33.1 Å². The van der Waals surface area contributed by atoms with Crippen molar-refractivity contribution in [2.45, 2.75) is 6.92 Å². The zero-order chi connectivity index (χ0) is 19.3. The van der Waals surface area contributed by atoms with E-state index in [4.69, 9.17) is 8.83 Å². The van der Waals surface area contributed by atoms with Gasteiger partial charge in [-0.25, -0.2) is 4.79 Å². The van der Waals surface area contributed by atoms with Gasteiger partial charge in [0, 0.05) is 23.2 Å². The first-order valence-corrected chi connectivity index (χ1v) is 8.87. The van der Waals surface area contributed by atoms with Crippen LogP contribution in [0.1, 0.15) is 21.8 Å². The first kappa shape index (κ1) is 16.3. The summed E-state index contributed by atoms with van der Waals surface area (Å²) in [6.07, 6.45) is 1.69. The highest BCUT2D eigenvalue weighted by molar-refractivity contribution is 6.19. The van der Waals surface area contributed by atoms with Crippen LogP contribution in [0, 0.1) is 6.92 Å². The minimum absolute atomic E-state index is 0.209. The van der Waals surface area contributed by atoms with Crippen molar-refractivity contribution in [1.29, 1.82) is 0 Å². The maximum Gasteiger partial charge on any atom is 0.336 e. The van der Waals surface area contributed by atoms with Crippen LogP contribution in [0.4, 0.5) is 0 Å². The fourth-order valence-electron chi connectivity index (χ4n) is 3.60. The zero-order valence-electron chi connectivity index (χ0n) is 15.0. The third-order valence-electron chi connectivity index (χ3n) is 4.88. The summed E-state index contributed by atoms with van der Waals surface area (Å²) in [4.78, 5) is 28.1. The number of hydrogen-bond donors (Lipinski definition) is 1. The number of hydrogen-bond acceptors (Lipinski definition) is 4. The second-order valence-electron chi connectivity index (χ2n) is 6.65. The van der Waals surface area contributed by atoms with Crippen LogP contribution >= 0.6 is 0 Å². The number of carbonyl (C=O) groups is 1. The van der Waals surface area contributed by atoms with E-state index in [1.54, 1.807) is 18.3 Å². The average Bonchev–Trinajstić information content (AvgIpc) is 3.36. The highest BCUT2D eigenvalue weighted by Crippen LogP contribution is 2.40. The van der Waals surface area contributed by atoms with Gasteiger partial charge in [0.15, 0.2) is 5.76 Å². The molecule has 3 heterocycles. The molecule has 5 nitrogen and oxygen atoms in total. The molecule has 0 aliphatic heterocycles. The van der Waals surface area contributed by atoms with E-state index in [9.17, 15) is 9.59 Å². The van der Waals surface area contributed by atoms with Gasteiger partial charge in [-0.3, -0.25) is 4.79 Å².